The number of benzene rings is 1. The summed E-state index contributed by atoms with van der Waals surface area (Å²) in [7, 11) is 1.55. The molecule has 0 aliphatic rings. The van der Waals surface area contributed by atoms with E-state index in [1.807, 2.05) is 0 Å². The Morgan fingerprint density at radius 1 is 1.43 bits per heavy atom. The predicted octanol–water partition coefficient (Wildman–Crippen LogP) is 0.658. The highest BCUT2D eigenvalue weighted by atomic mass is 16.5. The first-order chi connectivity index (χ1) is 6.56. The van der Waals surface area contributed by atoms with Crippen LogP contribution in [0.5, 0.6) is 5.75 Å². The molecule has 5 N–H and O–H groups in total. The second-order valence-electron chi connectivity index (χ2n) is 3.27. The van der Waals surface area contributed by atoms with Crippen LogP contribution in [0.25, 0.3) is 0 Å². The van der Waals surface area contributed by atoms with Crippen LogP contribution in [-0.2, 0) is 0 Å². The minimum absolute atomic E-state index is 0.413. The van der Waals surface area contributed by atoms with Gasteiger partial charge in [-0.2, -0.15) is 0 Å². The van der Waals surface area contributed by atoms with E-state index in [1.165, 1.54) is 0 Å². The average Bonchev–Trinajstić information content (AvgIpc) is 2.17. The number of nitrogen functional groups attached to an aromatic ring is 1. The van der Waals surface area contributed by atoms with Crippen molar-refractivity contribution in [3.8, 4) is 5.75 Å². The Morgan fingerprint density at radius 3 is 2.57 bits per heavy atom. The molecular formula is C10H16N2O2. The van der Waals surface area contributed by atoms with E-state index < -0.39 is 12.1 Å². The van der Waals surface area contributed by atoms with Crippen molar-refractivity contribution in [1.82, 2.24) is 0 Å². The zero-order valence-corrected chi connectivity index (χ0v) is 8.40. The Morgan fingerprint density at radius 2 is 2.07 bits per heavy atom. The van der Waals surface area contributed by atoms with E-state index in [2.05, 4.69) is 0 Å². The van der Waals surface area contributed by atoms with Crippen LogP contribution in [0.3, 0.4) is 0 Å². The zero-order valence-electron chi connectivity index (χ0n) is 8.40. The van der Waals surface area contributed by atoms with Crippen molar-refractivity contribution >= 4 is 5.69 Å². The lowest BCUT2D eigenvalue weighted by molar-refractivity contribution is 0.164. The molecule has 0 fully saturated rings. The summed E-state index contributed by atoms with van der Waals surface area (Å²) in [5, 5.41) is 9.31. The number of aliphatic hydroxyl groups excluding tert-OH is 1. The number of methoxy groups -OCH3 is 1. The van der Waals surface area contributed by atoms with Gasteiger partial charge in [0.25, 0.3) is 0 Å². The smallest absolute Gasteiger partial charge is 0.142 e. The lowest BCUT2D eigenvalue weighted by Gasteiger charge is -2.16. The van der Waals surface area contributed by atoms with Gasteiger partial charge in [-0.3, -0.25) is 0 Å². The van der Waals surface area contributed by atoms with Gasteiger partial charge in [-0.15, -0.1) is 0 Å². The van der Waals surface area contributed by atoms with Gasteiger partial charge in [0.05, 0.1) is 24.9 Å². The maximum atomic E-state index is 9.31. The zero-order chi connectivity index (χ0) is 10.7. The van der Waals surface area contributed by atoms with Crippen LogP contribution in [0.15, 0.2) is 18.2 Å². The highest BCUT2D eigenvalue weighted by Crippen LogP contribution is 2.25. The quantitative estimate of drug-likeness (QED) is 0.620. The van der Waals surface area contributed by atoms with Crippen LogP contribution in [0.1, 0.15) is 18.5 Å². The van der Waals surface area contributed by atoms with Crippen molar-refractivity contribution in [2.45, 2.75) is 19.1 Å². The van der Waals surface area contributed by atoms with E-state index in [-0.39, 0.29) is 0 Å². The highest BCUT2D eigenvalue weighted by Gasteiger charge is 2.13. The van der Waals surface area contributed by atoms with Crippen LogP contribution in [-0.4, -0.2) is 18.3 Å². The molecule has 0 radical (unpaired) electrons. The van der Waals surface area contributed by atoms with Crippen molar-refractivity contribution in [1.29, 1.82) is 0 Å². The number of nitrogens with two attached hydrogens (primary N) is 2. The number of rotatable bonds is 3. The van der Waals surface area contributed by atoms with Crippen LogP contribution in [0.2, 0.25) is 0 Å². The normalized spacial score (nSPS) is 14.9. The molecule has 1 rings (SSSR count). The Bertz CT molecular complexity index is 313. The van der Waals surface area contributed by atoms with Crippen molar-refractivity contribution in [2.75, 3.05) is 12.8 Å². The van der Waals surface area contributed by atoms with Gasteiger partial charge in [-0.25, -0.2) is 0 Å². The molecule has 0 aromatic heterocycles. The molecule has 0 spiro atoms. The lowest BCUT2D eigenvalue weighted by Crippen LogP contribution is -2.23. The molecule has 0 unspecified atom stereocenters. The van der Waals surface area contributed by atoms with Crippen molar-refractivity contribution in [2.24, 2.45) is 5.73 Å². The summed E-state index contributed by atoms with van der Waals surface area (Å²) in [5.41, 5.74) is 12.8. The molecule has 4 nitrogen and oxygen atoms in total. The number of hydrogen-bond acceptors (Lipinski definition) is 4. The van der Waals surface area contributed by atoms with Crippen molar-refractivity contribution in [3.05, 3.63) is 23.8 Å². The fraction of sp³-hybridized carbons (Fsp3) is 0.400. The molecule has 0 bridgehead atoms. The van der Waals surface area contributed by atoms with E-state index in [1.54, 1.807) is 32.2 Å². The standard InChI is InChI=1S/C10H16N2O2/c1-6(13)10(12)7-3-4-8(11)9(5-7)14-2/h3-6,10,13H,11-12H2,1-2H3/t6-,10-/m0/s1. The molecule has 1 aromatic carbocycles. The van der Waals surface area contributed by atoms with Gasteiger partial charge < -0.3 is 21.3 Å². The topological polar surface area (TPSA) is 81.5 Å². The van der Waals surface area contributed by atoms with E-state index in [9.17, 15) is 5.11 Å². The summed E-state index contributed by atoms with van der Waals surface area (Å²) in [6.07, 6.45) is -0.594. The maximum Gasteiger partial charge on any atom is 0.142 e. The van der Waals surface area contributed by atoms with E-state index in [0.29, 0.717) is 11.4 Å². The maximum absolute atomic E-state index is 9.31. The van der Waals surface area contributed by atoms with Gasteiger partial charge in [0.1, 0.15) is 5.75 Å². The third-order valence-corrected chi connectivity index (χ3v) is 2.16. The molecule has 0 aliphatic heterocycles. The monoisotopic (exact) mass is 196 g/mol. The van der Waals surface area contributed by atoms with Crippen molar-refractivity contribution in [3.63, 3.8) is 0 Å². The lowest BCUT2D eigenvalue weighted by atomic mass is 10.0. The molecule has 4 heteroatoms. The molecular weight excluding hydrogens is 180 g/mol. The van der Waals surface area contributed by atoms with Crippen molar-refractivity contribution < 1.29 is 9.84 Å². The Balaban J connectivity index is 3.00. The predicted molar refractivity (Wildman–Crippen MR) is 56.0 cm³/mol. The number of aliphatic hydroxyl groups is 1. The van der Waals surface area contributed by atoms with Gasteiger partial charge >= 0.3 is 0 Å². The summed E-state index contributed by atoms with van der Waals surface area (Å²) in [5.74, 6) is 0.582. The second kappa shape index (κ2) is 4.30. The van der Waals surface area contributed by atoms with Gasteiger partial charge in [-0.05, 0) is 24.6 Å². The summed E-state index contributed by atoms with van der Waals surface area (Å²) >= 11 is 0. The van der Waals surface area contributed by atoms with Gasteiger partial charge in [0, 0.05) is 0 Å². The molecule has 0 amide bonds. The van der Waals surface area contributed by atoms with E-state index >= 15 is 0 Å². The highest BCUT2D eigenvalue weighted by molar-refractivity contribution is 5.54. The Labute approximate surface area is 83.5 Å². The molecule has 0 heterocycles. The SMILES string of the molecule is COc1cc([C@@H](N)[C@H](C)O)ccc1N. The van der Waals surface area contributed by atoms with Crippen LogP contribution in [0.4, 0.5) is 5.69 Å². The molecule has 2 atom stereocenters. The van der Waals surface area contributed by atoms with Gasteiger partial charge in [0.2, 0.25) is 0 Å². The first-order valence-electron chi connectivity index (χ1n) is 4.43. The Kier molecular flexibility index (Phi) is 3.33. The number of ether oxygens (including phenoxy) is 1. The third-order valence-electron chi connectivity index (χ3n) is 2.16. The minimum Gasteiger partial charge on any atom is -0.495 e. The summed E-state index contributed by atoms with van der Waals surface area (Å²) in [4.78, 5) is 0. The summed E-state index contributed by atoms with van der Waals surface area (Å²) < 4.78 is 5.05. The molecule has 0 saturated carbocycles. The Hall–Kier alpha value is -1.26. The fourth-order valence-corrected chi connectivity index (χ4v) is 1.21. The fourth-order valence-electron chi connectivity index (χ4n) is 1.21. The number of hydrogen-bond donors (Lipinski definition) is 3. The van der Waals surface area contributed by atoms with Crippen LogP contribution < -0.4 is 16.2 Å². The molecule has 1 aromatic rings. The summed E-state index contributed by atoms with van der Waals surface area (Å²) in [6, 6.07) is 4.84. The summed E-state index contributed by atoms with van der Waals surface area (Å²) in [6.45, 7) is 1.65. The van der Waals surface area contributed by atoms with E-state index in [4.69, 9.17) is 16.2 Å². The average molecular weight is 196 g/mol. The molecule has 14 heavy (non-hydrogen) atoms. The number of anilines is 1. The second-order valence-corrected chi connectivity index (χ2v) is 3.27. The molecule has 78 valence electrons. The van der Waals surface area contributed by atoms with Crippen LogP contribution in [0, 0.1) is 0 Å². The minimum atomic E-state index is -0.594. The molecule has 0 saturated heterocycles. The third kappa shape index (κ3) is 2.16. The largest absolute Gasteiger partial charge is 0.495 e. The van der Waals surface area contributed by atoms with Gasteiger partial charge in [-0.1, -0.05) is 6.07 Å². The van der Waals surface area contributed by atoms with E-state index in [0.717, 1.165) is 5.56 Å². The first-order valence-corrected chi connectivity index (χ1v) is 4.43. The first kappa shape index (κ1) is 10.8. The van der Waals surface area contributed by atoms with Gasteiger partial charge in [0.15, 0.2) is 0 Å². The van der Waals surface area contributed by atoms with Crippen LogP contribution >= 0.6 is 0 Å². The molecule has 0 aliphatic carbocycles.